The Morgan fingerprint density at radius 2 is 1.92 bits per heavy atom. The van der Waals surface area contributed by atoms with Gasteiger partial charge in [-0.1, -0.05) is 17.7 Å². The predicted octanol–water partition coefficient (Wildman–Crippen LogP) is 4.10. The highest BCUT2D eigenvalue weighted by atomic mass is 35.5. The molecule has 0 saturated carbocycles. The molecule has 2 aromatic heterocycles. The van der Waals surface area contributed by atoms with Gasteiger partial charge in [-0.05, 0) is 43.5 Å². The lowest BCUT2D eigenvalue weighted by Crippen LogP contribution is -2.29. The first-order valence-corrected chi connectivity index (χ1v) is 10.5. The minimum absolute atomic E-state index is 0.134. The lowest BCUT2D eigenvalue weighted by Gasteiger charge is -2.28. The molecule has 0 spiro atoms. The molecule has 8 heteroatoms. The van der Waals surface area contributed by atoms with Crippen molar-refractivity contribution in [3.8, 4) is 0 Å². The van der Waals surface area contributed by atoms with Crippen LogP contribution in [0.3, 0.4) is 0 Å². The maximum absolute atomic E-state index is 12.9. The van der Waals surface area contributed by atoms with Crippen LogP contribution in [0.2, 0.25) is 4.34 Å². The minimum atomic E-state index is -3.65. The SMILES string of the molecule is O=S(=O)(c1ccc(Cl)s1)c1[nH]nc2c(N3CCCCC3)cccc12. The van der Waals surface area contributed by atoms with E-state index in [1.54, 1.807) is 12.1 Å². The highest BCUT2D eigenvalue weighted by Gasteiger charge is 2.26. The largest absolute Gasteiger partial charge is 0.370 e. The van der Waals surface area contributed by atoms with E-state index in [9.17, 15) is 8.42 Å². The number of aromatic nitrogens is 2. The fourth-order valence-corrected chi connectivity index (χ4v) is 6.08. The number of halogens is 1. The summed E-state index contributed by atoms with van der Waals surface area (Å²) in [5, 5.41) is 7.82. The Bertz CT molecular complexity index is 988. The topological polar surface area (TPSA) is 66.1 Å². The van der Waals surface area contributed by atoms with Crippen molar-refractivity contribution in [2.45, 2.75) is 28.5 Å². The second-order valence-corrected chi connectivity index (χ2v) is 9.66. The number of hydrogen-bond acceptors (Lipinski definition) is 5. The number of piperidine rings is 1. The molecule has 1 saturated heterocycles. The summed E-state index contributed by atoms with van der Waals surface area (Å²) in [6.45, 7) is 1.96. The van der Waals surface area contributed by atoms with Crippen LogP contribution in [0.4, 0.5) is 5.69 Å². The highest BCUT2D eigenvalue weighted by Crippen LogP contribution is 2.35. The molecule has 1 aromatic carbocycles. The van der Waals surface area contributed by atoms with Crippen LogP contribution in [-0.4, -0.2) is 31.7 Å². The van der Waals surface area contributed by atoms with Crippen molar-refractivity contribution in [1.29, 1.82) is 0 Å². The van der Waals surface area contributed by atoms with Crippen LogP contribution in [0.25, 0.3) is 10.9 Å². The number of hydrogen-bond donors (Lipinski definition) is 1. The average Bonchev–Trinajstić information content (AvgIpc) is 3.22. The van der Waals surface area contributed by atoms with E-state index in [4.69, 9.17) is 11.6 Å². The van der Waals surface area contributed by atoms with Gasteiger partial charge in [0.25, 0.3) is 0 Å². The number of thiophene rings is 1. The molecule has 3 heterocycles. The van der Waals surface area contributed by atoms with Crippen LogP contribution in [0.5, 0.6) is 0 Å². The number of sulfone groups is 1. The number of H-pyrrole nitrogens is 1. The third-order valence-corrected chi connectivity index (χ3v) is 7.76. The van der Waals surface area contributed by atoms with Crippen molar-refractivity contribution in [3.05, 3.63) is 34.7 Å². The number of fused-ring (bicyclic) bond motifs is 1. The third-order valence-electron chi connectivity index (χ3n) is 4.31. The lowest BCUT2D eigenvalue weighted by molar-refractivity contribution is 0.579. The van der Waals surface area contributed by atoms with E-state index in [0.29, 0.717) is 15.2 Å². The number of anilines is 1. The zero-order valence-corrected chi connectivity index (χ0v) is 15.2. The van der Waals surface area contributed by atoms with Gasteiger partial charge >= 0.3 is 0 Å². The Morgan fingerprint density at radius 3 is 2.62 bits per heavy atom. The third kappa shape index (κ3) is 2.60. The molecule has 0 amide bonds. The summed E-state index contributed by atoms with van der Waals surface area (Å²) in [5.41, 5.74) is 1.70. The molecular weight excluding hydrogens is 366 g/mol. The van der Waals surface area contributed by atoms with Gasteiger partial charge in [-0.15, -0.1) is 11.3 Å². The molecule has 24 heavy (non-hydrogen) atoms. The van der Waals surface area contributed by atoms with Gasteiger partial charge < -0.3 is 4.90 Å². The van der Waals surface area contributed by atoms with Gasteiger partial charge in [-0.25, -0.2) is 8.42 Å². The van der Waals surface area contributed by atoms with Gasteiger partial charge in [0.05, 0.1) is 10.0 Å². The molecule has 0 atom stereocenters. The van der Waals surface area contributed by atoms with Gasteiger partial charge in [-0.2, -0.15) is 5.10 Å². The van der Waals surface area contributed by atoms with Crippen LogP contribution in [0.15, 0.2) is 39.6 Å². The second kappa shape index (κ2) is 6.06. The van der Waals surface area contributed by atoms with E-state index in [0.717, 1.165) is 43.0 Å². The number of rotatable bonds is 3. The van der Waals surface area contributed by atoms with E-state index >= 15 is 0 Å². The highest BCUT2D eigenvalue weighted by molar-refractivity contribution is 7.93. The molecule has 0 aliphatic carbocycles. The average molecular weight is 382 g/mol. The fourth-order valence-electron chi connectivity index (χ4n) is 3.14. The van der Waals surface area contributed by atoms with Gasteiger partial charge in [0.2, 0.25) is 9.84 Å². The molecule has 0 bridgehead atoms. The fraction of sp³-hybridized carbons (Fsp3) is 0.312. The zero-order chi connectivity index (χ0) is 16.7. The predicted molar refractivity (Wildman–Crippen MR) is 96.9 cm³/mol. The summed E-state index contributed by atoms with van der Waals surface area (Å²) in [7, 11) is -3.65. The van der Waals surface area contributed by atoms with Gasteiger partial charge in [0, 0.05) is 18.5 Å². The molecule has 0 unspecified atom stereocenters. The Labute approximate surface area is 149 Å². The van der Waals surface area contributed by atoms with Crippen molar-refractivity contribution in [3.63, 3.8) is 0 Å². The smallest absolute Gasteiger partial charge is 0.233 e. The molecule has 1 fully saturated rings. The number of nitrogens with zero attached hydrogens (tertiary/aromatic N) is 2. The van der Waals surface area contributed by atoms with Crippen LogP contribution in [0.1, 0.15) is 19.3 Å². The van der Waals surface area contributed by atoms with Crippen molar-refractivity contribution in [1.82, 2.24) is 10.2 Å². The summed E-state index contributed by atoms with van der Waals surface area (Å²) in [5.74, 6) is 0. The molecule has 1 N–H and O–H groups in total. The molecule has 4 rings (SSSR count). The number of para-hydroxylation sites is 1. The van der Waals surface area contributed by atoms with Gasteiger partial charge in [-0.3, -0.25) is 5.10 Å². The van der Waals surface area contributed by atoms with Crippen LogP contribution < -0.4 is 4.90 Å². The van der Waals surface area contributed by atoms with Crippen molar-refractivity contribution in [2.24, 2.45) is 0 Å². The molecule has 5 nitrogen and oxygen atoms in total. The zero-order valence-electron chi connectivity index (χ0n) is 12.8. The first-order valence-electron chi connectivity index (χ1n) is 7.80. The Balaban J connectivity index is 1.84. The summed E-state index contributed by atoms with van der Waals surface area (Å²) in [4.78, 5) is 2.28. The maximum atomic E-state index is 12.9. The molecule has 126 valence electrons. The van der Waals surface area contributed by atoms with E-state index < -0.39 is 9.84 Å². The van der Waals surface area contributed by atoms with Gasteiger partial charge in [0.1, 0.15) is 9.73 Å². The standard InChI is InChI=1S/C16H16ClN3O2S2/c17-13-7-8-14(23-13)24(21,22)16-11-5-4-6-12(15(11)18-19-16)20-9-2-1-3-10-20/h4-8H,1-3,9-10H2,(H,18,19). The van der Waals surface area contributed by atoms with E-state index in [1.165, 1.54) is 12.5 Å². The monoisotopic (exact) mass is 381 g/mol. The summed E-state index contributed by atoms with van der Waals surface area (Å²) in [6, 6.07) is 8.82. The Morgan fingerprint density at radius 1 is 1.12 bits per heavy atom. The number of aromatic amines is 1. The molecular formula is C16H16ClN3O2S2. The quantitative estimate of drug-likeness (QED) is 0.741. The second-order valence-electron chi connectivity index (χ2n) is 5.84. The summed E-state index contributed by atoms with van der Waals surface area (Å²) < 4.78 is 26.4. The Hall–Kier alpha value is -1.57. The normalized spacial score (nSPS) is 16.0. The van der Waals surface area contributed by atoms with E-state index in [2.05, 4.69) is 15.1 Å². The van der Waals surface area contributed by atoms with Crippen LogP contribution in [0, 0.1) is 0 Å². The van der Waals surface area contributed by atoms with Gasteiger partial charge in [0.15, 0.2) is 5.03 Å². The van der Waals surface area contributed by atoms with Crippen LogP contribution >= 0.6 is 22.9 Å². The van der Waals surface area contributed by atoms with Crippen molar-refractivity contribution < 1.29 is 8.42 Å². The summed E-state index contributed by atoms with van der Waals surface area (Å²) in [6.07, 6.45) is 3.55. The first kappa shape index (κ1) is 15.9. The molecule has 3 aromatic rings. The molecule has 0 radical (unpaired) electrons. The number of nitrogens with one attached hydrogen (secondary N) is 1. The van der Waals surface area contributed by atoms with Crippen LogP contribution in [-0.2, 0) is 9.84 Å². The molecule has 1 aliphatic heterocycles. The Kier molecular flexibility index (Phi) is 4.02. The first-order chi connectivity index (χ1) is 11.6. The lowest BCUT2D eigenvalue weighted by atomic mass is 10.1. The summed E-state index contributed by atoms with van der Waals surface area (Å²) >= 11 is 6.95. The van der Waals surface area contributed by atoms with Crippen molar-refractivity contribution in [2.75, 3.05) is 18.0 Å². The number of benzene rings is 1. The molecule has 1 aliphatic rings. The minimum Gasteiger partial charge on any atom is -0.370 e. The van der Waals surface area contributed by atoms with E-state index in [1.807, 2.05) is 12.1 Å². The van der Waals surface area contributed by atoms with E-state index in [-0.39, 0.29) is 9.24 Å². The maximum Gasteiger partial charge on any atom is 0.233 e. The van der Waals surface area contributed by atoms with Crippen molar-refractivity contribution >= 4 is 49.4 Å².